The highest BCUT2D eigenvalue weighted by molar-refractivity contribution is 7.90. The Kier molecular flexibility index (Phi) is 14.1. The molecule has 5 rings (SSSR count). The number of rotatable bonds is 4. The SMILES string of the molecule is CS(=O)(=O)c1ccc(F)c(N2CCN(c3ccnc4ccc(-c5cn[nH]c5)cc34)CC2)c1.O=C(O)C(F)(F)F.O=C(O)C(F)(F)F.O=C(O)C(F)(F)F. The van der Waals surface area contributed by atoms with Gasteiger partial charge in [-0.1, -0.05) is 6.07 Å². The fourth-order valence-electron chi connectivity index (χ4n) is 4.15. The molecule has 3 heterocycles. The van der Waals surface area contributed by atoms with Crippen molar-refractivity contribution in [2.45, 2.75) is 23.4 Å². The first-order chi connectivity index (χ1) is 24.2. The summed E-state index contributed by atoms with van der Waals surface area (Å²) in [6.07, 6.45) is -8.67. The third-order valence-electron chi connectivity index (χ3n) is 6.58. The monoisotopic (exact) mass is 793 g/mol. The van der Waals surface area contributed by atoms with Crippen molar-refractivity contribution in [3.05, 3.63) is 66.9 Å². The maximum Gasteiger partial charge on any atom is 0.490 e. The number of aromatic nitrogens is 3. The maximum atomic E-state index is 14.5. The number of hydrogen-bond acceptors (Lipinski definition) is 9. The summed E-state index contributed by atoms with van der Waals surface area (Å²) in [4.78, 5) is 35.5. The fourth-order valence-corrected chi connectivity index (χ4v) is 4.79. The van der Waals surface area contributed by atoms with Gasteiger partial charge in [-0.25, -0.2) is 27.2 Å². The number of nitrogens with one attached hydrogen (secondary N) is 1. The predicted octanol–water partition coefficient (Wildman–Crippen LogP) is 5.39. The zero-order chi connectivity index (χ0) is 40.5. The van der Waals surface area contributed by atoms with E-state index in [2.05, 4.69) is 26.1 Å². The van der Waals surface area contributed by atoms with E-state index in [0.717, 1.165) is 34.0 Å². The molecule has 4 N–H and O–H groups in total. The zero-order valence-corrected chi connectivity index (χ0v) is 27.3. The van der Waals surface area contributed by atoms with Crippen molar-refractivity contribution in [1.29, 1.82) is 0 Å². The van der Waals surface area contributed by atoms with Crippen molar-refractivity contribution < 1.29 is 82.0 Å². The molecule has 1 aliphatic heterocycles. The van der Waals surface area contributed by atoms with Gasteiger partial charge >= 0.3 is 36.4 Å². The topological polar surface area (TPSA) is 194 Å². The van der Waals surface area contributed by atoms with Crippen molar-refractivity contribution in [3.8, 4) is 11.1 Å². The van der Waals surface area contributed by atoms with E-state index in [4.69, 9.17) is 29.7 Å². The molecule has 0 amide bonds. The van der Waals surface area contributed by atoms with Gasteiger partial charge in [0.15, 0.2) is 9.84 Å². The number of sulfone groups is 1. The number of nitrogens with zero attached hydrogens (tertiary/aromatic N) is 4. The van der Waals surface area contributed by atoms with E-state index in [9.17, 15) is 52.3 Å². The number of piperazine rings is 1. The smallest absolute Gasteiger partial charge is 0.475 e. The number of halogens is 10. The van der Waals surface area contributed by atoms with Crippen molar-refractivity contribution in [1.82, 2.24) is 15.2 Å². The summed E-state index contributed by atoms with van der Waals surface area (Å²) in [6.45, 7) is 2.51. The molecule has 53 heavy (non-hydrogen) atoms. The number of hydrogen-bond donors (Lipinski definition) is 4. The number of H-pyrrole nitrogens is 1. The number of alkyl halides is 9. The van der Waals surface area contributed by atoms with Crippen molar-refractivity contribution >= 4 is 50.0 Å². The Morgan fingerprint density at radius 2 is 1.19 bits per heavy atom. The minimum Gasteiger partial charge on any atom is -0.475 e. The van der Waals surface area contributed by atoms with E-state index in [-0.39, 0.29) is 4.90 Å². The van der Waals surface area contributed by atoms with Crippen molar-refractivity contribution in [2.75, 3.05) is 42.2 Å². The van der Waals surface area contributed by atoms with Crippen LogP contribution in [0.4, 0.5) is 55.3 Å². The third-order valence-corrected chi connectivity index (χ3v) is 7.69. The summed E-state index contributed by atoms with van der Waals surface area (Å²) in [6, 6.07) is 12.1. The molecule has 0 bridgehead atoms. The Morgan fingerprint density at radius 1 is 0.717 bits per heavy atom. The third kappa shape index (κ3) is 13.1. The Balaban J connectivity index is 0.000000379. The standard InChI is InChI=1S/C23H22FN5O2S.3C2HF3O2/c1-32(30,31)18-3-4-20(24)23(13-18)29-10-8-28(9-11-29)22-6-7-25-21-5-2-16(12-19(21)22)17-14-26-27-15-17;3*3-2(4,5)1(6)7/h2-7,12-15H,8-11H2,1H3,(H,26,27);3*(H,6,7). The largest absolute Gasteiger partial charge is 0.490 e. The lowest BCUT2D eigenvalue weighted by atomic mass is 10.0. The molecule has 0 aliphatic carbocycles. The van der Waals surface area contributed by atoms with E-state index >= 15 is 0 Å². The van der Waals surface area contributed by atoms with Gasteiger partial charge in [0.05, 0.1) is 22.3 Å². The molecule has 13 nitrogen and oxygen atoms in total. The summed E-state index contributed by atoms with van der Waals surface area (Å²) in [5.41, 5.74) is 4.37. The van der Waals surface area contributed by atoms with Crippen LogP contribution in [0.1, 0.15) is 0 Å². The molecular formula is C29H25F10N5O8S. The van der Waals surface area contributed by atoms with Gasteiger partial charge in [-0.05, 0) is 42.0 Å². The second-order valence-electron chi connectivity index (χ2n) is 10.3. The molecule has 1 saturated heterocycles. The average molecular weight is 794 g/mol. The first-order valence-electron chi connectivity index (χ1n) is 14.0. The van der Waals surface area contributed by atoms with Crippen LogP contribution in [0.25, 0.3) is 22.0 Å². The van der Waals surface area contributed by atoms with Gasteiger partial charge in [-0.2, -0.15) is 44.6 Å². The predicted molar refractivity (Wildman–Crippen MR) is 164 cm³/mol. The van der Waals surface area contributed by atoms with Crippen LogP contribution in [-0.4, -0.2) is 108 Å². The molecule has 0 radical (unpaired) electrons. The number of carbonyl (C=O) groups is 3. The molecule has 4 aromatic rings. The molecule has 1 fully saturated rings. The quantitative estimate of drug-likeness (QED) is 0.152. The highest BCUT2D eigenvalue weighted by atomic mass is 32.2. The molecule has 2 aromatic heterocycles. The van der Waals surface area contributed by atoms with E-state index < -0.39 is 52.1 Å². The van der Waals surface area contributed by atoms with Crippen LogP contribution in [0, 0.1) is 5.82 Å². The molecule has 1 aliphatic rings. The van der Waals surface area contributed by atoms with Gasteiger partial charge < -0.3 is 25.1 Å². The first kappa shape index (κ1) is 43.5. The zero-order valence-electron chi connectivity index (χ0n) is 26.5. The van der Waals surface area contributed by atoms with E-state index in [1.54, 1.807) is 12.4 Å². The summed E-state index contributed by atoms with van der Waals surface area (Å²) in [7, 11) is -3.40. The molecule has 0 unspecified atom stereocenters. The summed E-state index contributed by atoms with van der Waals surface area (Å²) < 4.78 is 133. The summed E-state index contributed by atoms with van der Waals surface area (Å²) in [5.74, 6) is -8.68. The lowest BCUT2D eigenvalue weighted by molar-refractivity contribution is -0.193. The molecule has 0 spiro atoms. The minimum absolute atomic E-state index is 0.128. The highest BCUT2D eigenvalue weighted by Gasteiger charge is 2.39. The fraction of sp³-hybridized carbons (Fsp3) is 0.276. The number of aromatic amines is 1. The molecule has 0 atom stereocenters. The van der Waals surface area contributed by atoms with Gasteiger partial charge in [-0.15, -0.1) is 0 Å². The second-order valence-corrected chi connectivity index (χ2v) is 12.3. The van der Waals surface area contributed by atoms with Crippen molar-refractivity contribution in [2.24, 2.45) is 0 Å². The van der Waals surface area contributed by atoms with Crippen LogP contribution < -0.4 is 9.80 Å². The summed E-state index contributed by atoms with van der Waals surface area (Å²) in [5, 5.41) is 29.3. The number of benzene rings is 2. The van der Waals surface area contributed by atoms with Crippen molar-refractivity contribution in [3.63, 3.8) is 0 Å². The van der Waals surface area contributed by atoms with Gasteiger partial charge in [-0.3, -0.25) is 10.1 Å². The molecule has 24 heteroatoms. The van der Waals surface area contributed by atoms with E-state index in [0.29, 0.717) is 31.9 Å². The van der Waals surface area contributed by atoms with Gasteiger partial charge in [0, 0.05) is 61.5 Å². The number of carboxylic acid groups (broad SMARTS) is 3. The van der Waals surface area contributed by atoms with Crippen LogP contribution in [0.5, 0.6) is 0 Å². The average Bonchev–Trinajstić information content (AvgIpc) is 3.59. The Bertz CT molecular complexity index is 1940. The molecule has 0 saturated carbocycles. The van der Waals surface area contributed by atoms with Crippen LogP contribution >= 0.6 is 0 Å². The number of pyridine rings is 1. The van der Waals surface area contributed by atoms with Gasteiger partial charge in [0.1, 0.15) is 5.82 Å². The highest BCUT2D eigenvalue weighted by Crippen LogP contribution is 2.32. The van der Waals surface area contributed by atoms with Gasteiger partial charge in [0.2, 0.25) is 0 Å². The molecule has 290 valence electrons. The molecule has 2 aromatic carbocycles. The van der Waals surface area contributed by atoms with E-state index in [1.807, 2.05) is 29.3 Å². The Labute approximate surface area is 291 Å². The first-order valence-corrected chi connectivity index (χ1v) is 15.9. The lowest BCUT2D eigenvalue weighted by Gasteiger charge is -2.38. The lowest BCUT2D eigenvalue weighted by Crippen LogP contribution is -2.47. The van der Waals surface area contributed by atoms with Crippen LogP contribution in [0.2, 0.25) is 0 Å². The van der Waals surface area contributed by atoms with E-state index in [1.165, 1.54) is 18.2 Å². The Hall–Kier alpha value is -5.68. The number of aliphatic carboxylic acids is 3. The van der Waals surface area contributed by atoms with Crippen LogP contribution in [0.15, 0.2) is 66.0 Å². The number of fused-ring (bicyclic) bond motifs is 1. The second kappa shape index (κ2) is 17.2. The number of anilines is 2. The normalized spacial score (nSPS) is 13.4. The van der Waals surface area contributed by atoms with Crippen LogP contribution in [0.3, 0.4) is 0 Å². The van der Waals surface area contributed by atoms with Crippen LogP contribution in [-0.2, 0) is 24.2 Å². The summed E-state index contributed by atoms with van der Waals surface area (Å²) >= 11 is 0. The number of carboxylic acids is 3. The maximum absolute atomic E-state index is 14.5. The van der Waals surface area contributed by atoms with Gasteiger partial charge in [0.25, 0.3) is 0 Å². The minimum atomic E-state index is -5.08. The molecular weight excluding hydrogens is 768 g/mol. The Morgan fingerprint density at radius 3 is 1.60 bits per heavy atom.